The number of hydrogen-bond donors (Lipinski definition) is 1. The molecule has 1 N–H and O–H groups in total. The van der Waals surface area contributed by atoms with Gasteiger partial charge in [0.05, 0.1) is 38.1 Å². The van der Waals surface area contributed by atoms with Crippen LogP contribution in [0.1, 0.15) is 10.4 Å². The lowest BCUT2D eigenvalue weighted by molar-refractivity contribution is 0.0652. The van der Waals surface area contributed by atoms with Crippen LogP contribution in [0.3, 0.4) is 0 Å². The van der Waals surface area contributed by atoms with Crippen LogP contribution in [0.2, 0.25) is 0 Å². The van der Waals surface area contributed by atoms with Gasteiger partial charge >= 0.3 is 5.97 Å². The number of hydrogen-bond acceptors (Lipinski definition) is 4. The van der Waals surface area contributed by atoms with Crippen molar-refractivity contribution >= 4 is 5.97 Å². The van der Waals surface area contributed by atoms with E-state index in [-0.39, 0.29) is 5.56 Å². The molecule has 0 atom stereocenters. The first-order chi connectivity index (χ1) is 7.24. The highest BCUT2D eigenvalue weighted by molar-refractivity contribution is 5.86. The molecule has 0 aromatic carbocycles. The largest absolute Gasteiger partial charge is 0.478 e. The molecule has 0 radical (unpaired) electrons. The van der Waals surface area contributed by atoms with Gasteiger partial charge in [-0.3, -0.25) is 4.68 Å². The van der Waals surface area contributed by atoms with E-state index in [1.165, 1.54) is 17.1 Å². The van der Waals surface area contributed by atoms with E-state index in [4.69, 9.17) is 14.6 Å². The van der Waals surface area contributed by atoms with E-state index in [2.05, 4.69) is 5.10 Å². The Hall–Kier alpha value is -1.40. The zero-order valence-electron chi connectivity index (χ0n) is 8.55. The van der Waals surface area contributed by atoms with Crippen LogP contribution in [-0.2, 0) is 16.0 Å². The predicted octanol–water partition coefficient (Wildman–Crippen LogP) is 0.244. The van der Waals surface area contributed by atoms with Gasteiger partial charge in [0.1, 0.15) is 0 Å². The topological polar surface area (TPSA) is 73.6 Å². The van der Waals surface area contributed by atoms with Gasteiger partial charge in [0.2, 0.25) is 0 Å². The molecule has 1 aromatic rings. The molecular weight excluding hydrogens is 200 g/mol. The summed E-state index contributed by atoms with van der Waals surface area (Å²) < 4.78 is 11.6. The Morgan fingerprint density at radius 1 is 1.53 bits per heavy atom. The van der Waals surface area contributed by atoms with Crippen molar-refractivity contribution in [3.05, 3.63) is 18.0 Å². The molecular formula is C9H14N2O4. The molecule has 1 rings (SSSR count). The first-order valence-electron chi connectivity index (χ1n) is 4.56. The van der Waals surface area contributed by atoms with Crippen molar-refractivity contribution in [1.82, 2.24) is 9.78 Å². The molecule has 0 aliphatic rings. The second kappa shape index (κ2) is 6.15. The Bertz CT molecular complexity index is 311. The van der Waals surface area contributed by atoms with E-state index in [0.717, 1.165) is 0 Å². The van der Waals surface area contributed by atoms with Gasteiger partial charge in [-0.05, 0) is 0 Å². The van der Waals surface area contributed by atoms with E-state index in [9.17, 15) is 4.79 Å². The van der Waals surface area contributed by atoms with Crippen molar-refractivity contribution in [2.75, 3.05) is 26.9 Å². The number of aromatic nitrogens is 2. The van der Waals surface area contributed by atoms with E-state index < -0.39 is 5.97 Å². The Kier molecular flexibility index (Phi) is 4.79. The predicted molar refractivity (Wildman–Crippen MR) is 51.9 cm³/mol. The minimum atomic E-state index is -0.971. The van der Waals surface area contributed by atoms with Crippen molar-refractivity contribution in [2.24, 2.45) is 0 Å². The zero-order chi connectivity index (χ0) is 11.1. The number of carboxylic acids is 1. The van der Waals surface area contributed by atoms with E-state index >= 15 is 0 Å². The van der Waals surface area contributed by atoms with Crippen LogP contribution in [0, 0.1) is 0 Å². The lowest BCUT2D eigenvalue weighted by Crippen LogP contribution is -2.09. The molecule has 0 amide bonds. The van der Waals surface area contributed by atoms with Gasteiger partial charge in [0.25, 0.3) is 0 Å². The summed E-state index contributed by atoms with van der Waals surface area (Å²) in [5, 5.41) is 12.5. The SMILES string of the molecule is COCCOCCn1cc(C(=O)O)cn1. The van der Waals surface area contributed by atoms with Crippen LogP contribution < -0.4 is 0 Å². The Morgan fingerprint density at radius 2 is 2.33 bits per heavy atom. The van der Waals surface area contributed by atoms with Crippen molar-refractivity contribution in [2.45, 2.75) is 6.54 Å². The van der Waals surface area contributed by atoms with Gasteiger partial charge in [0.15, 0.2) is 0 Å². The van der Waals surface area contributed by atoms with E-state index in [0.29, 0.717) is 26.4 Å². The number of ether oxygens (including phenoxy) is 2. The number of nitrogens with zero attached hydrogens (tertiary/aromatic N) is 2. The Balaban J connectivity index is 2.23. The van der Waals surface area contributed by atoms with Crippen molar-refractivity contribution < 1.29 is 19.4 Å². The third-order valence-electron chi connectivity index (χ3n) is 1.78. The fraction of sp³-hybridized carbons (Fsp3) is 0.556. The summed E-state index contributed by atoms with van der Waals surface area (Å²) in [6.45, 7) is 2.12. The maximum Gasteiger partial charge on any atom is 0.338 e. The zero-order valence-corrected chi connectivity index (χ0v) is 8.55. The molecule has 0 unspecified atom stereocenters. The summed E-state index contributed by atoms with van der Waals surface area (Å²) in [5.41, 5.74) is 0.187. The highest BCUT2D eigenvalue weighted by Gasteiger charge is 2.04. The summed E-state index contributed by atoms with van der Waals surface area (Å²) in [6, 6.07) is 0. The Labute approximate surface area is 87.4 Å². The van der Waals surface area contributed by atoms with E-state index in [1.54, 1.807) is 7.11 Å². The van der Waals surface area contributed by atoms with Crippen LogP contribution >= 0.6 is 0 Å². The van der Waals surface area contributed by atoms with Gasteiger partial charge in [0, 0.05) is 13.3 Å². The summed E-state index contributed by atoms with van der Waals surface area (Å²) >= 11 is 0. The second-order valence-electron chi connectivity index (χ2n) is 2.90. The van der Waals surface area contributed by atoms with E-state index in [1.807, 2.05) is 0 Å². The Morgan fingerprint density at radius 3 is 2.93 bits per heavy atom. The quantitative estimate of drug-likeness (QED) is 0.658. The fourth-order valence-electron chi connectivity index (χ4n) is 0.999. The summed E-state index contributed by atoms with van der Waals surface area (Å²) in [5.74, 6) is -0.971. The molecule has 0 aliphatic carbocycles. The smallest absolute Gasteiger partial charge is 0.338 e. The first kappa shape index (κ1) is 11.7. The third-order valence-corrected chi connectivity index (χ3v) is 1.78. The maximum absolute atomic E-state index is 10.5. The molecule has 0 saturated heterocycles. The molecule has 1 aromatic heterocycles. The summed E-state index contributed by atoms with van der Waals surface area (Å²) in [6.07, 6.45) is 2.79. The molecule has 0 saturated carbocycles. The summed E-state index contributed by atoms with van der Waals surface area (Å²) in [4.78, 5) is 10.5. The van der Waals surface area contributed by atoms with Gasteiger partial charge in [-0.15, -0.1) is 0 Å². The average molecular weight is 214 g/mol. The highest BCUT2D eigenvalue weighted by Crippen LogP contribution is 1.96. The number of carboxylic acid groups (broad SMARTS) is 1. The van der Waals surface area contributed by atoms with Crippen LogP contribution in [0.25, 0.3) is 0 Å². The van der Waals surface area contributed by atoms with Crippen molar-refractivity contribution in [3.63, 3.8) is 0 Å². The highest BCUT2D eigenvalue weighted by atomic mass is 16.5. The normalized spacial score (nSPS) is 10.5. The molecule has 0 bridgehead atoms. The number of aromatic carboxylic acids is 1. The van der Waals surface area contributed by atoms with Crippen molar-refractivity contribution in [1.29, 1.82) is 0 Å². The van der Waals surface area contributed by atoms with Crippen LogP contribution in [0.15, 0.2) is 12.4 Å². The second-order valence-corrected chi connectivity index (χ2v) is 2.90. The molecule has 1 heterocycles. The van der Waals surface area contributed by atoms with Gasteiger partial charge < -0.3 is 14.6 Å². The minimum Gasteiger partial charge on any atom is -0.478 e. The van der Waals surface area contributed by atoms with Crippen LogP contribution in [-0.4, -0.2) is 47.8 Å². The van der Waals surface area contributed by atoms with Gasteiger partial charge in [-0.2, -0.15) is 5.10 Å². The summed E-state index contributed by atoms with van der Waals surface area (Å²) in [7, 11) is 1.61. The molecule has 6 heteroatoms. The fourth-order valence-corrected chi connectivity index (χ4v) is 0.999. The number of rotatable bonds is 7. The lowest BCUT2D eigenvalue weighted by atomic mass is 10.4. The monoisotopic (exact) mass is 214 g/mol. The number of methoxy groups -OCH3 is 1. The van der Waals surface area contributed by atoms with Gasteiger partial charge in [-0.1, -0.05) is 0 Å². The van der Waals surface area contributed by atoms with Crippen molar-refractivity contribution in [3.8, 4) is 0 Å². The van der Waals surface area contributed by atoms with Crippen LogP contribution in [0.4, 0.5) is 0 Å². The maximum atomic E-state index is 10.5. The van der Waals surface area contributed by atoms with Crippen LogP contribution in [0.5, 0.6) is 0 Å². The third kappa shape index (κ3) is 4.09. The number of carbonyl (C=O) groups is 1. The first-order valence-corrected chi connectivity index (χ1v) is 4.56. The molecule has 84 valence electrons. The lowest BCUT2D eigenvalue weighted by Gasteiger charge is -2.03. The van der Waals surface area contributed by atoms with Gasteiger partial charge in [-0.25, -0.2) is 4.79 Å². The molecule has 15 heavy (non-hydrogen) atoms. The molecule has 0 aliphatic heterocycles. The standard InChI is InChI=1S/C9H14N2O4/c1-14-4-5-15-3-2-11-7-8(6-10-11)9(12)13/h6-7H,2-5H2,1H3,(H,12,13). The molecule has 6 nitrogen and oxygen atoms in total. The minimum absolute atomic E-state index is 0.187. The average Bonchev–Trinajstić information content (AvgIpc) is 2.66. The molecule has 0 spiro atoms. The molecule has 0 fully saturated rings.